The topological polar surface area (TPSA) is 209 Å². The van der Waals surface area contributed by atoms with Crippen molar-refractivity contribution in [2.24, 2.45) is 11.3 Å². The number of piperidine rings is 1. The number of aliphatic hydroxyl groups excluding tert-OH is 1. The van der Waals surface area contributed by atoms with E-state index >= 15 is 4.39 Å². The number of halogens is 2. The van der Waals surface area contributed by atoms with E-state index in [1.165, 1.54) is 11.0 Å². The average molecular weight is 1230 g/mol. The third-order valence-electron chi connectivity index (χ3n) is 17.1. The molecule has 3 unspecified atom stereocenters. The summed E-state index contributed by atoms with van der Waals surface area (Å²) < 4.78 is 29.5. The first kappa shape index (κ1) is 63.3. The summed E-state index contributed by atoms with van der Waals surface area (Å²) in [6.45, 7) is 25.1. The number of carbonyl (C=O) groups excluding carboxylic acids is 4. The Hall–Kier alpha value is -6.75. The van der Waals surface area contributed by atoms with Crippen molar-refractivity contribution in [3.05, 3.63) is 94.3 Å². The van der Waals surface area contributed by atoms with E-state index in [4.69, 9.17) is 31.0 Å². The van der Waals surface area contributed by atoms with E-state index in [1.807, 2.05) is 121 Å². The Bertz CT molecular complexity index is 3460. The van der Waals surface area contributed by atoms with Gasteiger partial charge in [0.1, 0.15) is 40.9 Å². The minimum absolute atomic E-state index is 0.000240. The molecule has 4 aromatic carbocycles. The molecule has 0 spiro atoms. The molecular weight excluding hydrogens is 1150 g/mol. The summed E-state index contributed by atoms with van der Waals surface area (Å²) in [5.41, 5.74) is 3.97. The largest absolute Gasteiger partial charge is 0.508 e. The molecule has 6 heterocycles. The molecule has 2 aromatic heterocycles. The van der Waals surface area contributed by atoms with Gasteiger partial charge in [0.2, 0.25) is 17.7 Å². The highest BCUT2D eigenvalue weighted by molar-refractivity contribution is 7.13. The Morgan fingerprint density at radius 1 is 0.839 bits per heavy atom. The van der Waals surface area contributed by atoms with Gasteiger partial charge in [-0.3, -0.25) is 24.2 Å². The highest BCUT2D eigenvalue weighted by Crippen LogP contribution is 2.43. The minimum atomic E-state index is -0.916. The molecule has 4 saturated heterocycles. The number of hydrogen-bond acceptors (Lipinski definition) is 16. The van der Waals surface area contributed by atoms with Crippen molar-refractivity contribution in [2.45, 2.75) is 118 Å². The number of β-amino-alcohol motifs (C(OH)–C–C–N with tert-alkyl or cyclic N) is 1. The van der Waals surface area contributed by atoms with Crippen LogP contribution in [0.4, 0.5) is 15.0 Å². The third-order valence-corrected chi connectivity index (χ3v) is 18.4. The van der Waals surface area contributed by atoms with Crippen molar-refractivity contribution in [2.75, 3.05) is 96.5 Å². The molecule has 4 amide bonds. The fraction of sp³-hybridized carbons (Fsp3) is 0.523. The maximum Gasteiger partial charge on any atom is 0.410 e. The van der Waals surface area contributed by atoms with Gasteiger partial charge in [0.05, 0.1) is 39.8 Å². The first-order valence-corrected chi connectivity index (χ1v) is 31.7. The number of fused-ring (bicyclic) bond motifs is 2. The number of hydrogen-bond donors (Lipinski definition) is 4. The van der Waals surface area contributed by atoms with E-state index < -0.39 is 41.1 Å². The molecule has 0 bridgehead atoms. The van der Waals surface area contributed by atoms with E-state index in [0.29, 0.717) is 60.8 Å². The van der Waals surface area contributed by atoms with E-state index in [-0.39, 0.29) is 77.2 Å². The lowest BCUT2D eigenvalue weighted by atomic mass is 9.85. The number of aryl methyl sites for hydroxylation is 1. The number of nitrogens with zero attached hydrogens (tertiary/aromatic N) is 9. The molecular formula is C65H83ClFN11O8S. The summed E-state index contributed by atoms with van der Waals surface area (Å²) in [4.78, 5) is 82.2. The van der Waals surface area contributed by atoms with Crippen LogP contribution in [0.15, 0.2) is 72.2 Å². The summed E-state index contributed by atoms with van der Waals surface area (Å²) >= 11 is 8.58. The van der Waals surface area contributed by atoms with Crippen molar-refractivity contribution < 1.29 is 43.3 Å². The monoisotopic (exact) mass is 1230 g/mol. The molecule has 0 aliphatic carbocycles. The van der Waals surface area contributed by atoms with E-state index in [0.717, 1.165) is 85.7 Å². The Morgan fingerprint density at radius 2 is 1.53 bits per heavy atom. The second kappa shape index (κ2) is 26.5. The van der Waals surface area contributed by atoms with Gasteiger partial charge in [0.15, 0.2) is 5.82 Å². The smallest absolute Gasteiger partial charge is 0.410 e. The molecule has 4 aliphatic heterocycles. The van der Waals surface area contributed by atoms with Crippen LogP contribution >= 0.6 is 22.9 Å². The predicted molar refractivity (Wildman–Crippen MR) is 338 cm³/mol. The van der Waals surface area contributed by atoms with Crippen LogP contribution in [0.25, 0.3) is 43.2 Å². The van der Waals surface area contributed by atoms with Gasteiger partial charge in [0.25, 0.3) is 0 Å². The summed E-state index contributed by atoms with van der Waals surface area (Å²) in [5, 5.41) is 29.6. The standard InChI is InChI=1S/C65H83ClFN11O8S/c1-39(85-62-71-56-50(59(72-62)76-26-28-77(29-27-76)63(84)86-65(7,8)9)33-51(66)54(55(56)67)49-31-46(79)30-45-12-10-11-13-48(45)49)34-74-22-24-75(25-23-74)35-42-18-20-73(21-19-42)37-53(81)70-58(64(4,5)6)61(83)78-36-47(80)32-52(78)60(82)69-40(2)43-14-16-44(17-15-43)57-41(3)68-38-87-57/h10-17,30-31,33,38-40,42,47,52,58,79-80H,18-29,32,34-37H2,1-9H3,(H,69,82)(H,70,81)/t39?,40?,47-,52+,58?/m1/s1. The molecule has 0 saturated carbocycles. The summed E-state index contributed by atoms with van der Waals surface area (Å²) in [5.74, 6) is -0.791. The zero-order valence-electron chi connectivity index (χ0n) is 51.4. The molecule has 466 valence electrons. The number of piperazine rings is 2. The zero-order valence-corrected chi connectivity index (χ0v) is 53.0. The normalized spacial score (nSPS) is 19.7. The quantitative estimate of drug-likeness (QED) is 0.0713. The van der Waals surface area contributed by atoms with Gasteiger partial charge in [0, 0.05) is 89.4 Å². The van der Waals surface area contributed by atoms with Crippen molar-refractivity contribution in [3.63, 3.8) is 0 Å². The number of anilines is 1. The Labute approximate surface area is 518 Å². The van der Waals surface area contributed by atoms with Crippen LogP contribution in [0, 0.1) is 24.1 Å². The number of rotatable bonds is 16. The fourth-order valence-corrected chi connectivity index (χ4v) is 13.6. The zero-order chi connectivity index (χ0) is 62.1. The number of thiazole rings is 1. The number of amides is 4. The first-order valence-electron chi connectivity index (χ1n) is 30.4. The van der Waals surface area contributed by atoms with Gasteiger partial charge in [-0.05, 0) is 124 Å². The Morgan fingerprint density at radius 3 is 2.20 bits per heavy atom. The van der Waals surface area contributed by atoms with Crippen LogP contribution in [-0.4, -0.2) is 195 Å². The highest BCUT2D eigenvalue weighted by atomic mass is 35.5. The van der Waals surface area contributed by atoms with Gasteiger partial charge in [-0.1, -0.05) is 80.9 Å². The maximum atomic E-state index is 17.3. The van der Waals surface area contributed by atoms with Crippen molar-refractivity contribution in [3.8, 4) is 33.3 Å². The number of phenols is 1. The second-order valence-corrected chi connectivity index (χ2v) is 27.3. The molecule has 6 aromatic rings. The van der Waals surface area contributed by atoms with Crippen LogP contribution in [0.1, 0.15) is 92.0 Å². The molecule has 87 heavy (non-hydrogen) atoms. The second-order valence-electron chi connectivity index (χ2n) is 26.1. The molecule has 10 rings (SSSR count). The Balaban J connectivity index is 0.713. The summed E-state index contributed by atoms with van der Waals surface area (Å²) in [6.07, 6.45) is 0.330. The maximum absolute atomic E-state index is 17.3. The van der Waals surface area contributed by atoms with E-state index in [9.17, 15) is 29.4 Å². The number of phenolic OH excluding ortho intramolecular Hbond substituents is 1. The SMILES string of the molecule is Cc1ncsc1-c1ccc(C(C)NC(=O)[C@@H]2C[C@@H](O)CN2C(=O)C(NC(=O)CN2CCC(CN3CCN(CC(C)Oc4nc(N5CCN(C(=O)OC(C)(C)C)CC5)c5cc(Cl)c(-c6cc(O)cc7ccccc67)c(F)c5n4)CC3)CC2)C(C)(C)C)cc1. The molecule has 4 fully saturated rings. The van der Waals surface area contributed by atoms with Crippen molar-refractivity contribution in [1.82, 2.24) is 50.1 Å². The number of carbonyl (C=O) groups is 4. The van der Waals surface area contributed by atoms with Crippen LogP contribution < -0.4 is 20.3 Å². The van der Waals surface area contributed by atoms with Crippen molar-refractivity contribution >= 4 is 74.2 Å². The van der Waals surface area contributed by atoms with Gasteiger partial charge >= 0.3 is 12.1 Å². The molecule has 4 aliphatic rings. The molecule has 0 radical (unpaired) electrons. The van der Waals surface area contributed by atoms with Gasteiger partial charge < -0.3 is 49.9 Å². The first-order chi connectivity index (χ1) is 41.3. The lowest BCUT2D eigenvalue weighted by Gasteiger charge is -2.39. The van der Waals surface area contributed by atoms with Gasteiger partial charge in [-0.15, -0.1) is 11.3 Å². The Kier molecular flexibility index (Phi) is 19.3. The van der Waals surface area contributed by atoms with E-state index in [2.05, 4.69) is 30.3 Å². The molecule has 5 atom stereocenters. The lowest BCUT2D eigenvalue weighted by Crippen LogP contribution is -2.59. The van der Waals surface area contributed by atoms with Crippen LogP contribution in [-0.2, 0) is 19.1 Å². The van der Waals surface area contributed by atoms with Crippen LogP contribution in [0.3, 0.4) is 0 Å². The van der Waals surface area contributed by atoms with E-state index in [1.54, 1.807) is 28.4 Å². The average Bonchev–Trinajstić information content (AvgIpc) is 1.33. The third kappa shape index (κ3) is 15.1. The van der Waals surface area contributed by atoms with Crippen LogP contribution in [0.5, 0.6) is 11.8 Å². The number of benzene rings is 4. The number of likely N-dealkylation sites (tertiary alicyclic amines) is 2. The van der Waals surface area contributed by atoms with Crippen LogP contribution in [0.2, 0.25) is 5.02 Å². The van der Waals surface area contributed by atoms with Gasteiger partial charge in [-0.2, -0.15) is 9.97 Å². The fourth-order valence-electron chi connectivity index (χ4n) is 12.5. The number of nitrogens with one attached hydrogen (secondary N) is 2. The van der Waals surface area contributed by atoms with Crippen molar-refractivity contribution in [1.29, 1.82) is 0 Å². The minimum Gasteiger partial charge on any atom is -0.508 e. The molecule has 4 N–H and O–H groups in total. The van der Waals surface area contributed by atoms with Gasteiger partial charge in [-0.25, -0.2) is 14.2 Å². The molecule has 19 nitrogen and oxygen atoms in total. The summed E-state index contributed by atoms with van der Waals surface area (Å²) in [7, 11) is 0. The lowest BCUT2D eigenvalue weighted by molar-refractivity contribution is -0.144. The predicted octanol–water partition coefficient (Wildman–Crippen LogP) is 8.90. The number of aromatic hydroxyl groups is 1. The number of ether oxygens (including phenoxy) is 2. The number of aromatic nitrogens is 3. The summed E-state index contributed by atoms with van der Waals surface area (Å²) in [6, 6.07) is 18.1. The molecule has 22 heteroatoms. The highest BCUT2D eigenvalue weighted by Gasteiger charge is 2.45. The number of aliphatic hydroxyl groups is 1.